The van der Waals surface area contributed by atoms with Crippen LogP contribution in [0.2, 0.25) is 0 Å². The molecule has 4 rings (SSSR count). The summed E-state index contributed by atoms with van der Waals surface area (Å²) in [5, 5.41) is 18.4. The smallest absolute Gasteiger partial charge is 0.341 e. The highest BCUT2D eigenvalue weighted by Gasteiger charge is 2.28. The minimum Gasteiger partial charge on any atom is -0.480 e. The maximum absolute atomic E-state index is 14.9. The lowest BCUT2D eigenvalue weighted by Crippen LogP contribution is -2.34. The summed E-state index contributed by atoms with van der Waals surface area (Å²) in [5.41, 5.74) is -0.761. The van der Waals surface area contributed by atoms with Crippen LogP contribution < -0.4 is 5.43 Å². The van der Waals surface area contributed by atoms with Gasteiger partial charge in [-0.15, -0.1) is 0 Å². The van der Waals surface area contributed by atoms with Crippen LogP contribution in [0, 0.1) is 5.82 Å². The van der Waals surface area contributed by atoms with Crippen LogP contribution >= 0.6 is 0 Å². The Labute approximate surface area is 186 Å². The third-order valence-corrected chi connectivity index (χ3v) is 5.43. The van der Waals surface area contributed by atoms with E-state index in [1.165, 1.54) is 17.2 Å². The van der Waals surface area contributed by atoms with Crippen molar-refractivity contribution >= 4 is 28.6 Å². The van der Waals surface area contributed by atoms with Crippen molar-refractivity contribution in [3.63, 3.8) is 0 Å². The number of rotatable bonds is 9. The van der Waals surface area contributed by atoms with E-state index in [1.54, 1.807) is 29.0 Å². The van der Waals surface area contributed by atoms with Crippen LogP contribution in [0.5, 0.6) is 0 Å². The second-order valence-electron chi connectivity index (χ2n) is 7.95. The molecular formula is C23H20FN3O6. The molecule has 0 atom stereocenters. The predicted molar refractivity (Wildman–Crippen MR) is 115 cm³/mol. The molecule has 10 heteroatoms. The summed E-state index contributed by atoms with van der Waals surface area (Å²) < 4.78 is 16.5. The van der Waals surface area contributed by atoms with Crippen molar-refractivity contribution in [3.05, 3.63) is 75.6 Å². The van der Waals surface area contributed by atoms with E-state index in [9.17, 15) is 33.8 Å². The number of benzene rings is 1. The molecule has 1 aliphatic rings. The molecule has 0 amide bonds. The number of nitrogens with zero attached hydrogens (tertiary/aromatic N) is 3. The quantitative estimate of drug-likeness (QED) is 0.472. The first-order chi connectivity index (χ1) is 15.7. The van der Waals surface area contributed by atoms with Crippen LogP contribution in [0.15, 0.2) is 47.5 Å². The summed E-state index contributed by atoms with van der Waals surface area (Å²) in [6, 6.07) is 7.22. The second-order valence-corrected chi connectivity index (χ2v) is 7.95. The molecule has 0 bridgehead atoms. The van der Waals surface area contributed by atoms with E-state index in [4.69, 9.17) is 0 Å². The predicted octanol–water partition coefficient (Wildman–Crippen LogP) is 2.34. The molecular weight excluding hydrogens is 433 g/mol. The lowest BCUT2D eigenvalue weighted by molar-refractivity contribution is -0.138. The molecule has 0 radical (unpaired) electrons. The van der Waals surface area contributed by atoms with Crippen LogP contribution in [-0.2, 0) is 11.3 Å². The number of halogens is 1. The summed E-state index contributed by atoms with van der Waals surface area (Å²) in [4.78, 5) is 53.7. The van der Waals surface area contributed by atoms with E-state index >= 15 is 0 Å². The molecule has 170 valence electrons. The second kappa shape index (κ2) is 8.91. The molecule has 0 unspecified atom stereocenters. The van der Waals surface area contributed by atoms with E-state index < -0.39 is 41.1 Å². The van der Waals surface area contributed by atoms with Gasteiger partial charge in [0.25, 0.3) is 0 Å². The average Bonchev–Trinajstić information content (AvgIpc) is 3.59. The van der Waals surface area contributed by atoms with Gasteiger partial charge in [0.15, 0.2) is 5.78 Å². The van der Waals surface area contributed by atoms with Gasteiger partial charge >= 0.3 is 11.9 Å². The van der Waals surface area contributed by atoms with E-state index in [0.717, 1.165) is 18.9 Å². The number of aromatic carboxylic acids is 1. The maximum atomic E-state index is 14.9. The first-order valence-electron chi connectivity index (χ1n) is 10.2. The van der Waals surface area contributed by atoms with Crippen LogP contribution in [0.1, 0.15) is 45.3 Å². The number of carboxylic acids is 2. The molecule has 2 aromatic heterocycles. The van der Waals surface area contributed by atoms with Crippen LogP contribution in [0.25, 0.3) is 10.9 Å². The van der Waals surface area contributed by atoms with Crippen molar-refractivity contribution in [2.75, 3.05) is 13.1 Å². The zero-order chi connectivity index (χ0) is 23.7. The third kappa shape index (κ3) is 4.80. The van der Waals surface area contributed by atoms with Crippen molar-refractivity contribution < 1.29 is 29.0 Å². The molecule has 0 spiro atoms. The maximum Gasteiger partial charge on any atom is 0.341 e. The number of fused-ring (bicyclic) bond motifs is 1. The summed E-state index contributed by atoms with van der Waals surface area (Å²) >= 11 is 0. The standard InChI is InChI=1S/C23H20FN3O6/c24-18-7-16-19(27(14-4-5-14)10-17(22(16)31)23(32)33)8-15(18)20(28)11-26(12-21(29)30)9-13-3-1-2-6-25-13/h1-3,6-8,10,14H,4-5,9,11-12H2,(H,29,30)(H,32,33). The molecule has 1 saturated carbocycles. The van der Waals surface area contributed by atoms with Gasteiger partial charge in [0.05, 0.1) is 29.9 Å². The van der Waals surface area contributed by atoms with Gasteiger partial charge in [0.2, 0.25) is 5.43 Å². The van der Waals surface area contributed by atoms with Crippen molar-refractivity contribution in [2.24, 2.45) is 0 Å². The van der Waals surface area contributed by atoms with Crippen molar-refractivity contribution in [3.8, 4) is 0 Å². The Hall–Kier alpha value is -3.92. The largest absolute Gasteiger partial charge is 0.480 e. The Morgan fingerprint density at radius 2 is 1.88 bits per heavy atom. The molecule has 33 heavy (non-hydrogen) atoms. The minimum atomic E-state index is -1.41. The number of carbonyl (C=O) groups is 3. The lowest BCUT2D eigenvalue weighted by atomic mass is 10.0. The normalized spacial score (nSPS) is 13.4. The van der Waals surface area contributed by atoms with Gasteiger partial charge in [-0.05, 0) is 37.1 Å². The lowest BCUT2D eigenvalue weighted by Gasteiger charge is -2.19. The van der Waals surface area contributed by atoms with Gasteiger partial charge in [-0.1, -0.05) is 6.07 Å². The van der Waals surface area contributed by atoms with Crippen molar-refractivity contribution in [1.29, 1.82) is 0 Å². The number of carbonyl (C=O) groups excluding carboxylic acids is 1. The van der Waals surface area contributed by atoms with Crippen LogP contribution in [0.3, 0.4) is 0 Å². The Morgan fingerprint density at radius 3 is 2.48 bits per heavy atom. The Kier molecular flexibility index (Phi) is 6.01. The average molecular weight is 453 g/mol. The number of hydrogen-bond donors (Lipinski definition) is 2. The van der Waals surface area contributed by atoms with E-state index in [0.29, 0.717) is 5.69 Å². The highest BCUT2D eigenvalue weighted by Crippen LogP contribution is 2.37. The fourth-order valence-electron chi connectivity index (χ4n) is 3.76. The number of aromatic nitrogens is 2. The number of Topliss-reactive ketones (excluding diaryl/α,β-unsaturated/α-hetero) is 1. The molecule has 2 N–H and O–H groups in total. The van der Waals surface area contributed by atoms with Gasteiger partial charge < -0.3 is 14.8 Å². The summed E-state index contributed by atoms with van der Waals surface area (Å²) in [6.45, 7) is -0.763. The fraction of sp³-hybridized carbons (Fsp3) is 0.261. The SMILES string of the molecule is O=C(O)CN(CC(=O)c1cc2c(cc1F)c(=O)c(C(=O)O)cn2C1CC1)Cc1ccccn1. The molecule has 2 heterocycles. The van der Waals surface area contributed by atoms with Gasteiger partial charge in [-0.2, -0.15) is 0 Å². The summed E-state index contributed by atoms with van der Waals surface area (Å²) in [6.07, 6.45) is 4.32. The number of pyridine rings is 2. The Morgan fingerprint density at radius 1 is 1.12 bits per heavy atom. The number of aliphatic carboxylic acids is 1. The number of hydrogen-bond acceptors (Lipinski definition) is 6. The summed E-state index contributed by atoms with van der Waals surface area (Å²) in [7, 11) is 0. The minimum absolute atomic E-state index is 0.0349. The molecule has 1 fully saturated rings. The first-order valence-corrected chi connectivity index (χ1v) is 10.2. The highest BCUT2D eigenvalue weighted by molar-refractivity contribution is 6.02. The van der Waals surface area contributed by atoms with Crippen molar-refractivity contribution in [1.82, 2.24) is 14.5 Å². The summed E-state index contributed by atoms with van der Waals surface area (Å²) in [5.74, 6) is -4.19. The molecule has 9 nitrogen and oxygen atoms in total. The van der Waals surface area contributed by atoms with Crippen LogP contribution in [-0.4, -0.2) is 55.5 Å². The van der Waals surface area contributed by atoms with E-state index in [-0.39, 0.29) is 35.6 Å². The van der Waals surface area contributed by atoms with Gasteiger partial charge in [-0.25, -0.2) is 9.18 Å². The molecule has 1 aromatic carbocycles. The van der Waals surface area contributed by atoms with Crippen LogP contribution in [0.4, 0.5) is 4.39 Å². The third-order valence-electron chi connectivity index (χ3n) is 5.43. The van der Waals surface area contributed by atoms with Crippen molar-refractivity contribution in [2.45, 2.75) is 25.4 Å². The molecule has 3 aromatic rings. The number of carboxylic acid groups (broad SMARTS) is 2. The fourth-order valence-corrected chi connectivity index (χ4v) is 3.76. The topological polar surface area (TPSA) is 130 Å². The van der Waals surface area contributed by atoms with Gasteiger partial charge in [0, 0.05) is 30.4 Å². The number of ketones is 1. The monoisotopic (exact) mass is 453 g/mol. The Bertz CT molecular complexity index is 1320. The molecule has 1 aliphatic carbocycles. The zero-order valence-electron chi connectivity index (χ0n) is 17.4. The van der Waals surface area contributed by atoms with Gasteiger partial charge in [0.1, 0.15) is 11.4 Å². The highest BCUT2D eigenvalue weighted by atomic mass is 19.1. The Balaban J connectivity index is 1.71. The van der Waals surface area contributed by atoms with E-state index in [1.807, 2.05) is 0 Å². The molecule has 0 aliphatic heterocycles. The van der Waals surface area contributed by atoms with Gasteiger partial charge in [-0.3, -0.25) is 24.3 Å². The first kappa shape index (κ1) is 22.3. The van der Waals surface area contributed by atoms with E-state index in [2.05, 4.69) is 4.98 Å². The zero-order valence-corrected chi connectivity index (χ0v) is 17.4. The molecule has 0 saturated heterocycles.